The molecule has 0 saturated carbocycles. The maximum Gasteiger partial charge on any atom is 0.111 e. The van der Waals surface area contributed by atoms with Gasteiger partial charge in [-0.2, -0.15) is 0 Å². The third kappa shape index (κ3) is 3.51. The first-order valence-corrected chi connectivity index (χ1v) is 7.22. The molecule has 98 valence electrons. The maximum atomic E-state index is 4.67. The van der Waals surface area contributed by atoms with E-state index in [1.54, 1.807) is 11.3 Å². The number of aromatic nitrogens is 1. The molecule has 1 heterocycles. The summed E-state index contributed by atoms with van der Waals surface area (Å²) in [7, 11) is 4.22. The zero-order chi connectivity index (χ0) is 13.0. The first-order valence-electron chi connectivity index (χ1n) is 6.40. The van der Waals surface area contributed by atoms with Gasteiger partial charge in [0, 0.05) is 0 Å². The van der Waals surface area contributed by atoms with Gasteiger partial charge in [-0.25, -0.2) is 4.98 Å². The first-order chi connectivity index (χ1) is 8.66. The topological polar surface area (TPSA) is 28.2 Å². The molecule has 3 nitrogen and oxygen atoms in total. The molecular weight excluding hydrogens is 242 g/mol. The molecule has 0 saturated heterocycles. The number of rotatable bonds is 6. The van der Waals surface area contributed by atoms with Gasteiger partial charge in [0.25, 0.3) is 0 Å². The fourth-order valence-corrected chi connectivity index (χ4v) is 2.87. The molecule has 0 amide bonds. The molecule has 1 aromatic carbocycles. The summed E-state index contributed by atoms with van der Waals surface area (Å²) >= 11 is 1.79. The van der Waals surface area contributed by atoms with Crippen molar-refractivity contribution in [3.8, 4) is 0 Å². The van der Waals surface area contributed by atoms with Crippen LogP contribution in [0.25, 0.3) is 10.2 Å². The molecule has 0 aliphatic heterocycles. The van der Waals surface area contributed by atoms with Crippen LogP contribution in [0.1, 0.15) is 24.4 Å². The Labute approximate surface area is 113 Å². The largest absolute Gasteiger partial charge is 0.309 e. The minimum atomic E-state index is 0.338. The summed E-state index contributed by atoms with van der Waals surface area (Å²) in [6.45, 7) is 4.35. The van der Waals surface area contributed by atoms with Crippen molar-refractivity contribution in [2.75, 3.05) is 27.2 Å². The third-order valence-corrected chi connectivity index (χ3v) is 4.13. The quantitative estimate of drug-likeness (QED) is 0.812. The molecule has 1 unspecified atom stereocenters. The molecular formula is C14H21N3S. The maximum absolute atomic E-state index is 4.67. The van der Waals surface area contributed by atoms with Crippen molar-refractivity contribution in [2.45, 2.75) is 19.4 Å². The Morgan fingerprint density at radius 2 is 2.11 bits per heavy atom. The Morgan fingerprint density at radius 1 is 1.33 bits per heavy atom. The van der Waals surface area contributed by atoms with Crippen LogP contribution in [-0.4, -0.2) is 37.1 Å². The fraction of sp³-hybridized carbons (Fsp3) is 0.500. The average Bonchev–Trinajstić information content (AvgIpc) is 2.78. The highest BCUT2D eigenvalue weighted by molar-refractivity contribution is 7.18. The zero-order valence-electron chi connectivity index (χ0n) is 11.3. The first kappa shape index (κ1) is 13.5. The minimum absolute atomic E-state index is 0.338. The minimum Gasteiger partial charge on any atom is -0.309 e. The molecule has 0 spiro atoms. The number of para-hydroxylation sites is 1. The van der Waals surface area contributed by atoms with E-state index in [4.69, 9.17) is 0 Å². The van der Waals surface area contributed by atoms with Gasteiger partial charge in [0.15, 0.2) is 0 Å². The highest BCUT2D eigenvalue weighted by Gasteiger charge is 2.10. The summed E-state index contributed by atoms with van der Waals surface area (Å²) in [6, 6.07) is 8.66. The van der Waals surface area contributed by atoms with E-state index in [9.17, 15) is 0 Å². The molecule has 2 rings (SSSR count). The smallest absolute Gasteiger partial charge is 0.111 e. The second kappa shape index (κ2) is 6.27. The van der Waals surface area contributed by atoms with Crippen LogP contribution in [0.3, 0.4) is 0 Å². The van der Waals surface area contributed by atoms with E-state index < -0.39 is 0 Å². The Morgan fingerprint density at radius 3 is 2.83 bits per heavy atom. The molecule has 0 aliphatic rings. The molecule has 18 heavy (non-hydrogen) atoms. The second-order valence-corrected chi connectivity index (χ2v) is 5.91. The Balaban J connectivity index is 1.90. The van der Waals surface area contributed by atoms with Crippen LogP contribution in [0.4, 0.5) is 0 Å². The van der Waals surface area contributed by atoms with Gasteiger partial charge in [-0.05, 0) is 52.7 Å². The summed E-state index contributed by atoms with van der Waals surface area (Å²) in [5.74, 6) is 0. The van der Waals surface area contributed by atoms with Gasteiger partial charge < -0.3 is 10.2 Å². The molecule has 1 atom stereocenters. The zero-order valence-corrected chi connectivity index (χ0v) is 12.1. The van der Waals surface area contributed by atoms with Gasteiger partial charge in [0.2, 0.25) is 0 Å². The summed E-state index contributed by atoms with van der Waals surface area (Å²) in [6.07, 6.45) is 1.17. The van der Waals surface area contributed by atoms with Gasteiger partial charge in [0.1, 0.15) is 5.01 Å². The number of thiazole rings is 1. The van der Waals surface area contributed by atoms with Crippen molar-refractivity contribution in [1.29, 1.82) is 0 Å². The van der Waals surface area contributed by atoms with E-state index in [1.807, 2.05) is 6.07 Å². The SMILES string of the molecule is CC(NCCCN(C)C)c1nc2ccccc2s1. The number of nitrogens with zero attached hydrogens (tertiary/aromatic N) is 2. The van der Waals surface area contributed by atoms with Crippen molar-refractivity contribution in [3.63, 3.8) is 0 Å². The van der Waals surface area contributed by atoms with E-state index in [-0.39, 0.29) is 0 Å². The van der Waals surface area contributed by atoms with Crippen LogP contribution in [0.15, 0.2) is 24.3 Å². The molecule has 2 aromatic rings. The van der Waals surface area contributed by atoms with Gasteiger partial charge in [-0.15, -0.1) is 11.3 Å². The lowest BCUT2D eigenvalue weighted by atomic mass is 10.3. The lowest BCUT2D eigenvalue weighted by molar-refractivity contribution is 0.389. The van der Waals surface area contributed by atoms with Gasteiger partial charge in [-0.1, -0.05) is 12.1 Å². The lowest BCUT2D eigenvalue weighted by Crippen LogP contribution is -2.23. The number of benzene rings is 1. The van der Waals surface area contributed by atoms with E-state index in [0.29, 0.717) is 6.04 Å². The standard InChI is InChI=1S/C14H21N3S/c1-11(15-9-6-10-17(2)3)14-16-12-7-4-5-8-13(12)18-14/h4-5,7-8,11,15H,6,9-10H2,1-3H3. The van der Waals surface area contributed by atoms with E-state index in [1.165, 1.54) is 16.1 Å². The molecule has 4 heteroatoms. The number of hydrogen-bond donors (Lipinski definition) is 1. The van der Waals surface area contributed by atoms with Gasteiger partial charge in [-0.3, -0.25) is 0 Å². The number of hydrogen-bond acceptors (Lipinski definition) is 4. The Hall–Kier alpha value is -0.970. The van der Waals surface area contributed by atoms with Crippen LogP contribution in [0, 0.1) is 0 Å². The Kier molecular flexibility index (Phi) is 4.69. The lowest BCUT2D eigenvalue weighted by Gasteiger charge is -2.13. The van der Waals surface area contributed by atoms with Gasteiger partial charge in [0.05, 0.1) is 16.3 Å². The molecule has 0 fully saturated rings. The van der Waals surface area contributed by atoms with Crippen molar-refractivity contribution in [2.24, 2.45) is 0 Å². The van der Waals surface area contributed by atoms with E-state index >= 15 is 0 Å². The van der Waals surface area contributed by atoms with Crippen LogP contribution in [0.2, 0.25) is 0 Å². The van der Waals surface area contributed by atoms with E-state index in [2.05, 4.69) is 54.4 Å². The molecule has 0 aliphatic carbocycles. The van der Waals surface area contributed by atoms with Crippen LogP contribution >= 0.6 is 11.3 Å². The summed E-state index contributed by atoms with van der Waals surface area (Å²) in [5.41, 5.74) is 1.11. The molecule has 1 aromatic heterocycles. The summed E-state index contributed by atoms with van der Waals surface area (Å²) in [4.78, 5) is 6.88. The highest BCUT2D eigenvalue weighted by Crippen LogP contribution is 2.25. The number of fused-ring (bicyclic) bond motifs is 1. The summed E-state index contributed by atoms with van der Waals surface area (Å²) in [5, 5.41) is 4.72. The van der Waals surface area contributed by atoms with E-state index in [0.717, 1.165) is 18.6 Å². The van der Waals surface area contributed by atoms with Crippen molar-refractivity contribution >= 4 is 21.6 Å². The number of nitrogens with one attached hydrogen (secondary N) is 1. The fourth-order valence-electron chi connectivity index (χ4n) is 1.88. The van der Waals surface area contributed by atoms with Crippen LogP contribution in [-0.2, 0) is 0 Å². The molecule has 1 N–H and O–H groups in total. The van der Waals surface area contributed by atoms with Crippen LogP contribution in [0.5, 0.6) is 0 Å². The van der Waals surface area contributed by atoms with Gasteiger partial charge >= 0.3 is 0 Å². The monoisotopic (exact) mass is 263 g/mol. The predicted molar refractivity (Wildman–Crippen MR) is 79.2 cm³/mol. The molecule has 0 radical (unpaired) electrons. The van der Waals surface area contributed by atoms with Crippen molar-refractivity contribution in [3.05, 3.63) is 29.3 Å². The normalized spacial score (nSPS) is 13.3. The van der Waals surface area contributed by atoms with Crippen molar-refractivity contribution in [1.82, 2.24) is 15.2 Å². The average molecular weight is 263 g/mol. The Bertz CT molecular complexity index is 459. The predicted octanol–water partition coefficient (Wildman–Crippen LogP) is 2.90. The third-order valence-electron chi connectivity index (χ3n) is 2.91. The highest BCUT2D eigenvalue weighted by atomic mass is 32.1. The summed E-state index contributed by atoms with van der Waals surface area (Å²) < 4.78 is 1.27. The van der Waals surface area contributed by atoms with Crippen LogP contribution < -0.4 is 5.32 Å². The van der Waals surface area contributed by atoms with Crippen molar-refractivity contribution < 1.29 is 0 Å². The molecule has 0 bridgehead atoms. The second-order valence-electron chi connectivity index (χ2n) is 4.85.